The van der Waals surface area contributed by atoms with Crippen molar-refractivity contribution >= 4 is 0 Å². The van der Waals surface area contributed by atoms with Crippen LogP contribution in [0.1, 0.15) is 42.9 Å². The van der Waals surface area contributed by atoms with Crippen LogP contribution in [0.4, 0.5) is 0 Å². The summed E-state index contributed by atoms with van der Waals surface area (Å²) in [6.07, 6.45) is 2.51. The first-order chi connectivity index (χ1) is 10.6. The summed E-state index contributed by atoms with van der Waals surface area (Å²) < 4.78 is 2.28. The molecular weight excluding hydrogens is 276 g/mol. The smallest absolute Gasteiger partial charge is 0.147 e. The molecule has 0 radical (unpaired) electrons. The van der Waals surface area contributed by atoms with Gasteiger partial charge < -0.3 is 9.67 Å². The molecular formula is C17H22N4O. The summed E-state index contributed by atoms with van der Waals surface area (Å²) in [5, 5.41) is 19.5. The highest BCUT2D eigenvalue weighted by Gasteiger charge is 2.33. The molecule has 5 nitrogen and oxygen atoms in total. The van der Waals surface area contributed by atoms with E-state index in [0.29, 0.717) is 12.5 Å². The van der Waals surface area contributed by atoms with Crippen LogP contribution in [0.25, 0.3) is 0 Å². The van der Waals surface area contributed by atoms with E-state index in [1.807, 2.05) is 37.3 Å². The molecule has 1 N–H and O–H groups in total. The van der Waals surface area contributed by atoms with Crippen molar-refractivity contribution in [1.82, 2.24) is 19.7 Å². The van der Waals surface area contributed by atoms with E-state index in [2.05, 4.69) is 19.7 Å². The lowest BCUT2D eigenvalue weighted by Gasteiger charge is -2.34. The van der Waals surface area contributed by atoms with Crippen molar-refractivity contribution in [1.29, 1.82) is 0 Å². The van der Waals surface area contributed by atoms with Gasteiger partial charge in [-0.25, -0.2) is 0 Å². The second kappa shape index (κ2) is 5.18. The maximum Gasteiger partial charge on any atom is 0.147 e. The minimum Gasteiger partial charge on any atom is -0.384 e. The minimum absolute atomic E-state index is 0.614. The van der Waals surface area contributed by atoms with Gasteiger partial charge in [-0.05, 0) is 25.3 Å². The largest absolute Gasteiger partial charge is 0.384 e. The Hall–Kier alpha value is -1.72. The molecule has 4 rings (SSSR count). The van der Waals surface area contributed by atoms with Crippen LogP contribution in [-0.2, 0) is 18.7 Å². The van der Waals surface area contributed by atoms with Gasteiger partial charge >= 0.3 is 0 Å². The van der Waals surface area contributed by atoms with Crippen molar-refractivity contribution in [2.24, 2.45) is 0 Å². The van der Waals surface area contributed by atoms with Gasteiger partial charge in [0.2, 0.25) is 0 Å². The molecule has 1 aliphatic heterocycles. The van der Waals surface area contributed by atoms with E-state index in [0.717, 1.165) is 31.0 Å². The van der Waals surface area contributed by atoms with Gasteiger partial charge in [0, 0.05) is 25.6 Å². The molecule has 22 heavy (non-hydrogen) atoms. The average molecular weight is 298 g/mol. The Morgan fingerprint density at radius 3 is 2.68 bits per heavy atom. The SMILES string of the molecule is CC(O)(CN1CCn2c(nnc2C2CC2)C1)c1ccccc1. The summed E-state index contributed by atoms with van der Waals surface area (Å²) in [7, 11) is 0. The third kappa shape index (κ3) is 2.55. The van der Waals surface area contributed by atoms with Gasteiger partial charge in [0.15, 0.2) is 0 Å². The normalized spacial score (nSPS) is 21.4. The molecule has 5 heteroatoms. The zero-order valence-corrected chi connectivity index (χ0v) is 12.9. The average Bonchev–Trinajstić information content (AvgIpc) is 3.28. The monoisotopic (exact) mass is 298 g/mol. The minimum atomic E-state index is -0.844. The van der Waals surface area contributed by atoms with Gasteiger partial charge in [-0.1, -0.05) is 30.3 Å². The lowest BCUT2D eigenvalue weighted by Crippen LogP contribution is -2.43. The van der Waals surface area contributed by atoms with Gasteiger partial charge in [0.1, 0.15) is 11.6 Å². The summed E-state index contributed by atoms with van der Waals surface area (Å²) in [6.45, 7) is 5.13. The Kier molecular flexibility index (Phi) is 3.27. The Morgan fingerprint density at radius 2 is 1.95 bits per heavy atom. The molecule has 1 aliphatic carbocycles. The number of rotatable bonds is 4. The maximum atomic E-state index is 10.8. The quantitative estimate of drug-likeness (QED) is 0.936. The number of aromatic nitrogens is 3. The van der Waals surface area contributed by atoms with E-state index >= 15 is 0 Å². The summed E-state index contributed by atoms with van der Waals surface area (Å²) >= 11 is 0. The molecule has 1 fully saturated rings. The number of aliphatic hydroxyl groups is 1. The van der Waals surface area contributed by atoms with Gasteiger partial charge in [-0.3, -0.25) is 4.90 Å². The van der Waals surface area contributed by atoms with Crippen molar-refractivity contribution < 1.29 is 5.11 Å². The van der Waals surface area contributed by atoms with Crippen LogP contribution < -0.4 is 0 Å². The Bertz CT molecular complexity index is 661. The predicted octanol–water partition coefficient (Wildman–Crippen LogP) is 1.88. The molecule has 0 saturated heterocycles. The third-order valence-corrected chi connectivity index (χ3v) is 4.73. The van der Waals surface area contributed by atoms with E-state index in [1.165, 1.54) is 18.7 Å². The molecule has 1 aromatic heterocycles. The predicted molar refractivity (Wildman–Crippen MR) is 83.3 cm³/mol. The van der Waals surface area contributed by atoms with E-state index in [4.69, 9.17) is 0 Å². The van der Waals surface area contributed by atoms with Crippen molar-refractivity contribution in [2.75, 3.05) is 13.1 Å². The third-order valence-electron chi connectivity index (χ3n) is 4.73. The van der Waals surface area contributed by atoms with Crippen molar-refractivity contribution in [3.05, 3.63) is 47.5 Å². The standard InChI is InChI=1S/C17H22N4O/c1-17(22,14-5-3-2-4-6-14)12-20-9-10-21-15(11-20)18-19-16(21)13-7-8-13/h2-6,13,22H,7-12H2,1H3. The topological polar surface area (TPSA) is 54.2 Å². The molecule has 116 valence electrons. The summed E-state index contributed by atoms with van der Waals surface area (Å²) in [5.41, 5.74) is 0.115. The number of hydrogen-bond acceptors (Lipinski definition) is 4. The Balaban J connectivity index is 1.48. The van der Waals surface area contributed by atoms with E-state index in [1.54, 1.807) is 0 Å². The van der Waals surface area contributed by atoms with Crippen LogP contribution in [0.2, 0.25) is 0 Å². The zero-order valence-electron chi connectivity index (χ0n) is 12.9. The second-order valence-corrected chi connectivity index (χ2v) is 6.75. The Labute approximate surface area is 130 Å². The van der Waals surface area contributed by atoms with Crippen LogP contribution in [0, 0.1) is 0 Å². The maximum absolute atomic E-state index is 10.8. The molecule has 2 heterocycles. The van der Waals surface area contributed by atoms with Crippen LogP contribution in [0.15, 0.2) is 30.3 Å². The number of β-amino-alcohol motifs (C(OH)–C–C–N with tert-alkyl or cyclic N) is 1. The van der Waals surface area contributed by atoms with Crippen LogP contribution in [0.3, 0.4) is 0 Å². The van der Waals surface area contributed by atoms with Crippen molar-refractivity contribution in [3.63, 3.8) is 0 Å². The molecule has 2 aliphatic rings. The summed E-state index contributed by atoms with van der Waals surface area (Å²) in [6, 6.07) is 9.88. The van der Waals surface area contributed by atoms with E-state index in [9.17, 15) is 5.11 Å². The van der Waals surface area contributed by atoms with Crippen molar-refractivity contribution in [3.8, 4) is 0 Å². The molecule has 0 amide bonds. The Morgan fingerprint density at radius 1 is 1.18 bits per heavy atom. The lowest BCUT2D eigenvalue weighted by atomic mass is 9.95. The second-order valence-electron chi connectivity index (χ2n) is 6.75. The molecule has 1 atom stereocenters. The highest BCUT2D eigenvalue weighted by Crippen LogP contribution is 2.39. The van der Waals surface area contributed by atoms with Crippen LogP contribution in [-0.4, -0.2) is 37.9 Å². The zero-order chi connectivity index (χ0) is 15.2. The molecule has 0 spiro atoms. The fourth-order valence-corrected chi connectivity index (χ4v) is 3.33. The number of benzene rings is 1. The number of hydrogen-bond donors (Lipinski definition) is 1. The molecule has 0 bridgehead atoms. The highest BCUT2D eigenvalue weighted by molar-refractivity contribution is 5.22. The summed E-state index contributed by atoms with van der Waals surface area (Å²) in [5.74, 6) is 2.85. The van der Waals surface area contributed by atoms with Gasteiger partial charge in [-0.2, -0.15) is 0 Å². The van der Waals surface area contributed by atoms with E-state index < -0.39 is 5.60 Å². The van der Waals surface area contributed by atoms with Gasteiger partial charge in [0.05, 0.1) is 12.1 Å². The lowest BCUT2D eigenvalue weighted by molar-refractivity contribution is 0.00730. The number of fused-ring (bicyclic) bond motifs is 1. The fourth-order valence-electron chi connectivity index (χ4n) is 3.33. The highest BCUT2D eigenvalue weighted by atomic mass is 16.3. The summed E-state index contributed by atoms with van der Waals surface area (Å²) in [4.78, 5) is 2.27. The fraction of sp³-hybridized carbons (Fsp3) is 0.529. The first-order valence-corrected chi connectivity index (χ1v) is 8.06. The molecule has 1 unspecified atom stereocenters. The van der Waals surface area contributed by atoms with Gasteiger partial charge in [-0.15, -0.1) is 10.2 Å². The molecule has 1 aromatic carbocycles. The first kappa shape index (κ1) is 13.9. The van der Waals surface area contributed by atoms with Crippen LogP contribution in [0.5, 0.6) is 0 Å². The molecule has 2 aromatic rings. The molecule has 1 saturated carbocycles. The van der Waals surface area contributed by atoms with E-state index in [-0.39, 0.29) is 0 Å². The van der Waals surface area contributed by atoms with Crippen LogP contribution >= 0.6 is 0 Å². The first-order valence-electron chi connectivity index (χ1n) is 8.06. The van der Waals surface area contributed by atoms with Gasteiger partial charge in [0.25, 0.3) is 0 Å². The van der Waals surface area contributed by atoms with Crippen molar-refractivity contribution in [2.45, 2.75) is 44.4 Å². The number of nitrogens with zero attached hydrogens (tertiary/aromatic N) is 4.